The highest BCUT2D eigenvalue weighted by atomic mass is 28.4. The lowest BCUT2D eigenvalue weighted by Crippen LogP contribution is -2.49. The van der Waals surface area contributed by atoms with Gasteiger partial charge in [-0.05, 0) is 18.1 Å². The van der Waals surface area contributed by atoms with E-state index in [2.05, 4.69) is 46.4 Å². The van der Waals surface area contributed by atoms with E-state index in [0.717, 1.165) is 0 Å². The Morgan fingerprint density at radius 1 is 1.36 bits per heavy atom. The molecule has 10 nitrogen and oxygen atoms in total. The Labute approximate surface area is 194 Å². The van der Waals surface area contributed by atoms with Crippen molar-refractivity contribution < 1.29 is 23.5 Å². The molecule has 0 aliphatic carbocycles. The molecule has 1 aliphatic rings. The Balaban J connectivity index is 1.99. The molecule has 12 heteroatoms. The number of aliphatic hydroxyl groups excluding tert-OH is 1. The van der Waals surface area contributed by atoms with Gasteiger partial charge in [0, 0.05) is 13.0 Å². The van der Waals surface area contributed by atoms with Crippen LogP contribution in [0.1, 0.15) is 40.8 Å². The van der Waals surface area contributed by atoms with E-state index >= 15 is 4.39 Å². The van der Waals surface area contributed by atoms with E-state index in [4.69, 9.17) is 9.16 Å². The van der Waals surface area contributed by atoms with Gasteiger partial charge < -0.3 is 19.6 Å². The van der Waals surface area contributed by atoms with Crippen LogP contribution in [0.4, 0.5) is 16.2 Å². The molecule has 3 heterocycles. The van der Waals surface area contributed by atoms with Crippen molar-refractivity contribution in [3.8, 4) is 0 Å². The summed E-state index contributed by atoms with van der Waals surface area (Å²) in [6.45, 7) is 13.4. The molecule has 1 fully saturated rings. The van der Waals surface area contributed by atoms with E-state index in [1.165, 1.54) is 10.9 Å². The van der Waals surface area contributed by atoms with Crippen LogP contribution in [0.2, 0.25) is 18.1 Å². The Bertz CT molecular complexity index is 1010. The molecule has 2 aromatic heterocycles. The molecule has 33 heavy (non-hydrogen) atoms. The maximum atomic E-state index is 15.8. The Morgan fingerprint density at radius 3 is 2.58 bits per heavy atom. The van der Waals surface area contributed by atoms with E-state index in [9.17, 15) is 9.90 Å². The lowest BCUT2D eigenvalue weighted by molar-refractivity contribution is -0.118. The van der Waals surface area contributed by atoms with Crippen LogP contribution in [0.15, 0.2) is 6.33 Å². The van der Waals surface area contributed by atoms with Crippen molar-refractivity contribution in [1.29, 1.82) is 0 Å². The molecule has 0 radical (unpaired) electrons. The molecule has 0 unspecified atom stereocenters. The number of hydrogen-bond donors (Lipinski definition) is 3. The number of carbonyl (C=O) groups excluding carboxylic acids is 1. The van der Waals surface area contributed by atoms with Crippen LogP contribution in [0.3, 0.4) is 0 Å². The van der Waals surface area contributed by atoms with Gasteiger partial charge in [0.25, 0.3) is 0 Å². The van der Waals surface area contributed by atoms with Gasteiger partial charge in [-0.1, -0.05) is 34.6 Å². The third kappa shape index (κ3) is 4.88. The number of rotatable bonds is 7. The van der Waals surface area contributed by atoms with E-state index in [1.54, 1.807) is 20.9 Å². The topological polar surface area (TPSA) is 123 Å². The zero-order valence-electron chi connectivity index (χ0n) is 20.5. The monoisotopic (exact) mass is 482 g/mol. The normalized spacial score (nSPS) is 24.0. The van der Waals surface area contributed by atoms with Crippen molar-refractivity contribution in [3.05, 3.63) is 6.33 Å². The molecular formula is C21H35FN6O4Si. The van der Waals surface area contributed by atoms with Gasteiger partial charge in [-0.3, -0.25) is 14.7 Å². The van der Waals surface area contributed by atoms with Gasteiger partial charge in [-0.25, -0.2) is 9.37 Å². The molecule has 1 saturated heterocycles. The van der Waals surface area contributed by atoms with Crippen LogP contribution < -0.4 is 10.6 Å². The van der Waals surface area contributed by atoms with Crippen molar-refractivity contribution in [1.82, 2.24) is 19.5 Å². The standard InChI is InChI=1S/C21H35FN6O4Si/c1-11(2)18(30)27-20-25-16(23-6)14-17(26-20)28(10-24-14)19-13(22)15(12(9-29)31-19)32-33(7,8)21(3,4)5/h10-13,15,19,29H,9H2,1-8H3,(H2,23,25,26,27,30)/t12-,13+,15-,19-/m1/s1. The number of imidazole rings is 1. The van der Waals surface area contributed by atoms with Gasteiger partial charge in [-0.2, -0.15) is 9.97 Å². The van der Waals surface area contributed by atoms with Crippen molar-refractivity contribution >= 4 is 37.2 Å². The summed E-state index contributed by atoms with van der Waals surface area (Å²) < 4.78 is 29.5. The number of anilines is 2. The summed E-state index contributed by atoms with van der Waals surface area (Å²) in [5.41, 5.74) is 0.705. The first-order valence-electron chi connectivity index (χ1n) is 11.1. The van der Waals surface area contributed by atoms with E-state index < -0.39 is 32.9 Å². The third-order valence-corrected chi connectivity index (χ3v) is 10.8. The zero-order valence-corrected chi connectivity index (χ0v) is 21.5. The van der Waals surface area contributed by atoms with Gasteiger partial charge in [0.15, 0.2) is 37.7 Å². The quantitative estimate of drug-likeness (QED) is 0.515. The Kier molecular flexibility index (Phi) is 7.13. The van der Waals surface area contributed by atoms with Gasteiger partial charge in [0.05, 0.1) is 12.9 Å². The highest BCUT2D eigenvalue weighted by Gasteiger charge is 2.51. The van der Waals surface area contributed by atoms with Crippen LogP contribution in [-0.2, 0) is 14.0 Å². The molecule has 3 rings (SSSR count). The van der Waals surface area contributed by atoms with E-state index in [0.29, 0.717) is 17.0 Å². The molecular weight excluding hydrogens is 447 g/mol. The van der Waals surface area contributed by atoms with Crippen molar-refractivity contribution in [2.75, 3.05) is 24.3 Å². The lowest BCUT2D eigenvalue weighted by Gasteiger charge is -2.39. The Morgan fingerprint density at radius 2 is 2.03 bits per heavy atom. The summed E-state index contributed by atoms with van der Waals surface area (Å²) in [6, 6.07) is 0. The fourth-order valence-corrected chi connectivity index (χ4v) is 4.63. The molecule has 4 atom stereocenters. The lowest BCUT2D eigenvalue weighted by atomic mass is 10.1. The minimum atomic E-state index is -2.33. The number of alkyl halides is 1. The number of hydrogen-bond acceptors (Lipinski definition) is 8. The highest BCUT2D eigenvalue weighted by Crippen LogP contribution is 2.42. The number of nitrogens with zero attached hydrogens (tertiary/aromatic N) is 4. The fraction of sp³-hybridized carbons (Fsp3) is 0.714. The number of ether oxygens (including phenoxy) is 1. The Hall–Kier alpha value is -2.15. The molecule has 2 aromatic rings. The first kappa shape index (κ1) is 25.5. The number of nitrogens with one attached hydrogen (secondary N) is 2. The smallest absolute Gasteiger partial charge is 0.233 e. The number of aromatic nitrogens is 4. The van der Waals surface area contributed by atoms with Crippen molar-refractivity contribution in [2.24, 2.45) is 5.92 Å². The third-order valence-electron chi connectivity index (χ3n) is 6.38. The van der Waals surface area contributed by atoms with Gasteiger partial charge in [0.2, 0.25) is 11.9 Å². The van der Waals surface area contributed by atoms with Gasteiger partial charge >= 0.3 is 0 Å². The van der Waals surface area contributed by atoms with Crippen LogP contribution in [0.25, 0.3) is 11.2 Å². The highest BCUT2D eigenvalue weighted by molar-refractivity contribution is 6.74. The fourth-order valence-electron chi connectivity index (χ4n) is 3.31. The molecule has 0 aromatic carbocycles. The number of fused-ring (bicyclic) bond motifs is 1. The second-order valence-electron chi connectivity index (χ2n) is 10.1. The van der Waals surface area contributed by atoms with Gasteiger partial charge in [0.1, 0.15) is 12.2 Å². The number of amides is 1. The van der Waals surface area contributed by atoms with Crippen LogP contribution >= 0.6 is 0 Å². The van der Waals surface area contributed by atoms with Gasteiger partial charge in [-0.15, -0.1) is 0 Å². The summed E-state index contributed by atoms with van der Waals surface area (Å²) in [7, 11) is -0.660. The number of carbonyl (C=O) groups is 1. The molecule has 0 bridgehead atoms. The zero-order chi connectivity index (χ0) is 24.7. The summed E-state index contributed by atoms with van der Waals surface area (Å²) >= 11 is 0. The predicted molar refractivity (Wildman–Crippen MR) is 126 cm³/mol. The largest absolute Gasteiger partial charge is 0.408 e. The maximum Gasteiger partial charge on any atom is 0.233 e. The molecule has 1 aliphatic heterocycles. The number of aliphatic hydroxyl groups is 1. The second kappa shape index (κ2) is 9.24. The summed E-state index contributed by atoms with van der Waals surface area (Å²) in [5, 5.41) is 15.4. The molecule has 0 saturated carbocycles. The molecule has 3 N–H and O–H groups in total. The van der Waals surface area contributed by atoms with Crippen LogP contribution in [-0.4, -0.2) is 70.9 Å². The minimum Gasteiger partial charge on any atom is -0.408 e. The maximum absolute atomic E-state index is 15.8. The summed E-state index contributed by atoms with van der Waals surface area (Å²) in [5.74, 6) is -0.0437. The first-order chi connectivity index (χ1) is 15.3. The van der Waals surface area contributed by atoms with Crippen molar-refractivity contribution in [2.45, 2.75) is 77.4 Å². The number of halogens is 1. The van der Waals surface area contributed by atoms with E-state index in [1.807, 2.05) is 13.1 Å². The average Bonchev–Trinajstić information content (AvgIpc) is 3.27. The van der Waals surface area contributed by atoms with Crippen molar-refractivity contribution in [3.63, 3.8) is 0 Å². The molecule has 0 spiro atoms. The summed E-state index contributed by atoms with van der Waals surface area (Å²) in [6.07, 6.45) is -2.99. The molecule has 184 valence electrons. The van der Waals surface area contributed by atoms with Crippen LogP contribution in [0, 0.1) is 5.92 Å². The predicted octanol–water partition coefficient (Wildman–Crippen LogP) is 3.08. The minimum absolute atomic E-state index is 0.0773. The average molecular weight is 483 g/mol. The summed E-state index contributed by atoms with van der Waals surface area (Å²) in [4.78, 5) is 25.2. The van der Waals surface area contributed by atoms with Crippen LogP contribution in [0.5, 0.6) is 0 Å². The SMILES string of the molecule is CNc1nc(NC(=O)C(C)C)nc2c1ncn2[C@@H]1O[C@H](CO)[C@@H](O[Si](C)(C)C(C)(C)C)[C@@H]1F. The second-order valence-corrected chi connectivity index (χ2v) is 14.9. The van der Waals surface area contributed by atoms with E-state index in [-0.39, 0.29) is 29.4 Å². The first-order valence-corrected chi connectivity index (χ1v) is 14.0. The molecule has 1 amide bonds.